The van der Waals surface area contributed by atoms with Gasteiger partial charge < -0.3 is 4.90 Å². The first-order chi connectivity index (χ1) is 10.1. The van der Waals surface area contributed by atoms with Gasteiger partial charge in [0, 0.05) is 11.1 Å². The third-order valence-electron chi connectivity index (χ3n) is 5.52. The van der Waals surface area contributed by atoms with Gasteiger partial charge in [0.25, 0.3) is 0 Å². The van der Waals surface area contributed by atoms with E-state index in [4.69, 9.17) is 11.6 Å². The quantitative estimate of drug-likeness (QED) is 0.927. The molecule has 1 N–H and O–H groups in total. The molecule has 0 aromatic heterocycles. The van der Waals surface area contributed by atoms with Gasteiger partial charge in [0.05, 0.1) is 0 Å². The number of hydrogen-bond donors (Lipinski definition) is 1. The second-order valence-corrected chi connectivity index (χ2v) is 7.26. The van der Waals surface area contributed by atoms with Crippen molar-refractivity contribution in [2.24, 2.45) is 5.92 Å². The highest BCUT2D eigenvalue weighted by Gasteiger charge is 2.60. The van der Waals surface area contributed by atoms with Crippen molar-refractivity contribution in [3.8, 4) is 0 Å². The van der Waals surface area contributed by atoms with E-state index in [2.05, 4.69) is 23.2 Å². The molecule has 2 saturated carbocycles. The molecule has 1 heterocycles. The SMILES string of the molecule is CC(C1CCC1)N1C(=O)C2(CC2)NC1c1cccc(Cl)c1. The van der Waals surface area contributed by atoms with E-state index in [9.17, 15) is 4.79 Å². The molecule has 1 saturated heterocycles. The van der Waals surface area contributed by atoms with Crippen molar-refractivity contribution < 1.29 is 4.79 Å². The fraction of sp³-hybridized carbons (Fsp3) is 0.588. The molecule has 3 fully saturated rings. The average Bonchev–Trinajstić information content (AvgIpc) is 3.10. The van der Waals surface area contributed by atoms with Crippen LogP contribution in [-0.2, 0) is 4.79 Å². The highest BCUT2D eigenvalue weighted by Crippen LogP contribution is 2.48. The smallest absolute Gasteiger partial charge is 0.244 e. The number of amides is 1. The third kappa shape index (κ3) is 2.09. The average molecular weight is 305 g/mol. The van der Waals surface area contributed by atoms with E-state index in [1.165, 1.54) is 19.3 Å². The van der Waals surface area contributed by atoms with E-state index in [1.807, 2.05) is 18.2 Å². The lowest BCUT2D eigenvalue weighted by molar-refractivity contribution is -0.134. The summed E-state index contributed by atoms with van der Waals surface area (Å²) in [5, 5.41) is 4.32. The van der Waals surface area contributed by atoms with Crippen LogP contribution < -0.4 is 5.32 Å². The van der Waals surface area contributed by atoms with Crippen LogP contribution in [0.4, 0.5) is 0 Å². The molecule has 4 rings (SSSR count). The van der Waals surface area contributed by atoms with Crippen LogP contribution in [0.2, 0.25) is 5.02 Å². The first-order valence-corrected chi connectivity index (χ1v) is 8.34. The molecule has 21 heavy (non-hydrogen) atoms. The monoisotopic (exact) mass is 304 g/mol. The Labute approximate surface area is 130 Å². The number of benzene rings is 1. The van der Waals surface area contributed by atoms with E-state index < -0.39 is 0 Å². The van der Waals surface area contributed by atoms with Gasteiger partial charge in [-0.2, -0.15) is 0 Å². The second kappa shape index (κ2) is 4.72. The Kier molecular flexibility index (Phi) is 3.05. The van der Waals surface area contributed by atoms with Crippen LogP contribution >= 0.6 is 11.6 Å². The summed E-state index contributed by atoms with van der Waals surface area (Å²) in [7, 11) is 0. The molecular formula is C17H21ClN2O. The molecule has 1 aromatic rings. The summed E-state index contributed by atoms with van der Waals surface area (Å²) >= 11 is 6.14. The molecule has 1 spiro atoms. The van der Waals surface area contributed by atoms with Crippen molar-refractivity contribution in [1.29, 1.82) is 0 Å². The van der Waals surface area contributed by atoms with E-state index in [1.54, 1.807) is 0 Å². The first kappa shape index (κ1) is 13.6. The van der Waals surface area contributed by atoms with Crippen molar-refractivity contribution in [3.63, 3.8) is 0 Å². The van der Waals surface area contributed by atoms with Gasteiger partial charge in [0.1, 0.15) is 11.7 Å². The standard InChI is InChI=1S/C17H21ClN2O/c1-11(12-4-2-5-12)20-15(13-6-3-7-14(18)10-13)19-17(8-9-17)16(20)21/h3,6-7,10-12,15,19H,2,4-5,8-9H2,1H3. The number of carbonyl (C=O) groups is 1. The maximum absolute atomic E-state index is 12.9. The summed E-state index contributed by atoms with van der Waals surface area (Å²) in [5.41, 5.74) is 0.830. The zero-order chi connectivity index (χ0) is 14.6. The summed E-state index contributed by atoms with van der Waals surface area (Å²) in [6, 6.07) is 8.21. The molecule has 4 heteroatoms. The summed E-state index contributed by atoms with van der Waals surface area (Å²) in [4.78, 5) is 15.0. The van der Waals surface area contributed by atoms with Gasteiger partial charge in [-0.1, -0.05) is 30.2 Å². The molecule has 1 amide bonds. The Balaban J connectivity index is 1.68. The molecule has 1 aromatic carbocycles. The van der Waals surface area contributed by atoms with E-state index in [-0.39, 0.29) is 11.7 Å². The minimum absolute atomic E-state index is 0.0192. The molecule has 3 aliphatic rings. The van der Waals surface area contributed by atoms with Crippen molar-refractivity contribution >= 4 is 17.5 Å². The predicted octanol–water partition coefficient (Wildman–Crippen LogP) is 3.49. The molecule has 3 nitrogen and oxygen atoms in total. The largest absolute Gasteiger partial charge is 0.318 e. The van der Waals surface area contributed by atoms with Gasteiger partial charge in [-0.25, -0.2) is 0 Å². The van der Waals surface area contributed by atoms with Crippen LogP contribution in [0.5, 0.6) is 0 Å². The van der Waals surface area contributed by atoms with Crippen LogP contribution in [-0.4, -0.2) is 22.4 Å². The highest BCUT2D eigenvalue weighted by atomic mass is 35.5. The summed E-state index contributed by atoms with van der Waals surface area (Å²) in [5.74, 6) is 0.957. The zero-order valence-corrected chi connectivity index (χ0v) is 13.1. The van der Waals surface area contributed by atoms with E-state index >= 15 is 0 Å². The summed E-state index contributed by atoms with van der Waals surface area (Å²) in [6.07, 6.45) is 5.72. The van der Waals surface area contributed by atoms with E-state index in [0.717, 1.165) is 23.4 Å². The van der Waals surface area contributed by atoms with Crippen molar-refractivity contribution in [2.45, 2.75) is 56.8 Å². The Morgan fingerprint density at radius 3 is 2.71 bits per heavy atom. The maximum atomic E-state index is 12.9. The lowest BCUT2D eigenvalue weighted by Gasteiger charge is -2.40. The Hall–Kier alpha value is -1.06. The minimum Gasteiger partial charge on any atom is -0.318 e. The van der Waals surface area contributed by atoms with Crippen molar-refractivity contribution in [2.75, 3.05) is 0 Å². The van der Waals surface area contributed by atoms with Crippen molar-refractivity contribution in [1.82, 2.24) is 10.2 Å². The van der Waals surface area contributed by atoms with Gasteiger partial charge in [-0.3, -0.25) is 10.1 Å². The van der Waals surface area contributed by atoms with E-state index in [0.29, 0.717) is 17.9 Å². The second-order valence-electron chi connectivity index (χ2n) is 6.83. The van der Waals surface area contributed by atoms with Gasteiger partial charge in [-0.05, 0) is 56.2 Å². The van der Waals surface area contributed by atoms with Crippen LogP contribution in [0.1, 0.15) is 50.8 Å². The fourth-order valence-electron chi connectivity index (χ4n) is 3.73. The minimum atomic E-state index is -0.273. The molecule has 1 aliphatic heterocycles. The molecule has 2 unspecified atom stereocenters. The molecule has 2 atom stereocenters. The molecule has 112 valence electrons. The van der Waals surface area contributed by atoms with Gasteiger partial charge >= 0.3 is 0 Å². The number of nitrogens with zero attached hydrogens (tertiary/aromatic N) is 1. The highest BCUT2D eigenvalue weighted by molar-refractivity contribution is 6.30. The normalized spacial score (nSPS) is 28.8. The topological polar surface area (TPSA) is 32.3 Å². The van der Waals surface area contributed by atoms with Gasteiger partial charge in [-0.15, -0.1) is 0 Å². The summed E-state index contributed by atoms with van der Waals surface area (Å²) in [6.45, 7) is 2.21. The maximum Gasteiger partial charge on any atom is 0.244 e. The zero-order valence-electron chi connectivity index (χ0n) is 12.3. The van der Waals surface area contributed by atoms with Crippen LogP contribution in [0, 0.1) is 5.92 Å². The van der Waals surface area contributed by atoms with Crippen LogP contribution in [0.3, 0.4) is 0 Å². The third-order valence-corrected chi connectivity index (χ3v) is 5.76. The first-order valence-electron chi connectivity index (χ1n) is 7.97. The number of rotatable bonds is 3. The van der Waals surface area contributed by atoms with Crippen molar-refractivity contribution in [3.05, 3.63) is 34.9 Å². The Morgan fingerprint density at radius 2 is 2.14 bits per heavy atom. The molecular weight excluding hydrogens is 284 g/mol. The molecule has 2 aliphatic carbocycles. The lowest BCUT2D eigenvalue weighted by atomic mass is 9.79. The molecule has 0 radical (unpaired) electrons. The summed E-state index contributed by atoms with van der Waals surface area (Å²) < 4.78 is 0. The van der Waals surface area contributed by atoms with Crippen LogP contribution in [0.15, 0.2) is 24.3 Å². The number of carbonyl (C=O) groups excluding carboxylic acids is 1. The van der Waals surface area contributed by atoms with Gasteiger partial charge in [0.15, 0.2) is 0 Å². The number of hydrogen-bond acceptors (Lipinski definition) is 2. The lowest BCUT2D eigenvalue weighted by Crippen LogP contribution is -2.44. The Bertz CT molecular complexity index is 580. The van der Waals surface area contributed by atoms with Crippen LogP contribution in [0.25, 0.3) is 0 Å². The number of halogens is 1. The van der Waals surface area contributed by atoms with Gasteiger partial charge in [0.2, 0.25) is 5.91 Å². The Morgan fingerprint density at radius 1 is 1.38 bits per heavy atom. The molecule has 0 bridgehead atoms. The fourth-order valence-corrected chi connectivity index (χ4v) is 3.93. The number of nitrogens with one attached hydrogen (secondary N) is 1. The predicted molar refractivity (Wildman–Crippen MR) is 82.9 cm³/mol.